The Kier molecular flexibility index (Phi) is 4.07. The summed E-state index contributed by atoms with van der Waals surface area (Å²) in [5, 5.41) is 4.75. The Morgan fingerprint density at radius 1 is 0.964 bits per heavy atom. The molecule has 0 amide bonds. The summed E-state index contributed by atoms with van der Waals surface area (Å²) < 4.78 is 8.23. The van der Waals surface area contributed by atoms with Crippen LogP contribution in [0.1, 0.15) is 18.1 Å². The molecule has 0 fully saturated rings. The number of fused-ring (bicyclic) bond motifs is 4. The van der Waals surface area contributed by atoms with Crippen molar-refractivity contribution in [3.05, 3.63) is 88.4 Å². The van der Waals surface area contributed by atoms with E-state index in [-0.39, 0.29) is 5.78 Å². The number of hydrogen-bond acceptors (Lipinski definition) is 5. The second-order valence-electron chi connectivity index (χ2n) is 6.62. The van der Waals surface area contributed by atoms with Gasteiger partial charge in [0.15, 0.2) is 5.78 Å². The zero-order chi connectivity index (χ0) is 19.3. The Morgan fingerprint density at radius 2 is 1.54 bits per heavy atom. The van der Waals surface area contributed by atoms with Crippen LogP contribution in [0.4, 0.5) is 5.69 Å². The Hall–Kier alpha value is -2.57. The average Bonchev–Trinajstić information content (AvgIpc) is 3.10. The minimum atomic E-state index is -0.746. The van der Waals surface area contributed by atoms with Crippen molar-refractivity contribution < 1.29 is 9.53 Å². The quantitative estimate of drug-likeness (QED) is 0.454. The van der Waals surface area contributed by atoms with E-state index in [0.29, 0.717) is 5.71 Å². The molecule has 6 heteroatoms. The van der Waals surface area contributed by atoms with E-state index in [1.807, 2.05) is 77.2 Å². The molecule has 2 aliphatic heterocycles. The second kappa shape index (κ2) is 6.50. The summed E-state index contributed by atoms with van der Waals surface area (Å²) in [5.41, 5.74) is 3.29. The Morgan fingerprint density at radius 3 is 2.11 bits per heavy atom. The van der Waals surface area contributed by atoms with E-state index in [1.54, 1.807) is 6.92 Å². The number of hydrazone groups is 1. The summed E-state index contributed by atoms with van der Waals surface area (Å²) in [6.45, 7) is 1.58. The van der Waals surface area contributed by atoms with E-state index < -0.39 is 4.75 Å². The van der Waals surface area contributed by atoms with Gasteiger partial charge in [0.2, 0.25) is 0 Å². The predicted octanol–water partition coefficient (Wildman–Crippen LogP) is 5.91. The summed E-state index contributed by atoms with van der Waals surface area (Å²) >= 11 is 5.00. The first kappa shape index (κ1) is 17.5. The number of carbonyl (C=O) groups excluding carboxylic acids is 1. The molecule has 4 nitrogen and oxygen atoms in total. The molecule has 2 heterocycles. The summed E-state index contributed by atoms with van der Waals surface area (Å²) in [7, 11) is 0. The fraction of sp³-hybridized carbons (Fsp3) is 0.0909. The number of rotatable bonds is 2. The van der Waals surface area contributed by atoms with Gasteiger partial charge in [-0.2, -0.15) is 5.10 Å². The molecule has 138 valence electrons. The molecular formula is C22H15BrN2O2S. The number of anilines is 1. The van der Waals surface area contributed by atoms with Crippen LogP contribution in [-0.4, -0.2) is 11.5 Å². The average molecular weight is 451 g/mol. The standard InChI is InChI=1S/C22H15BrN2O2S/c1-14(26)21-22(28-25(24-21)16-12-10-15(23)11-13-16)17-6-2-4-8-19(17)27-20-9-5-3-7-18(20)22/h2-13H,1H3. The van der Waals surface area contributed by atoms with Crippen LogP contribution < -0.4 is 9.15 Å². The third-order valence-electron chi connectivity index (χ3n) is 4.88. The van der Waals surface area contributed by atoms with Crippen LogP contribution in [0.15, 0.2) is 82.4 Å². The topological polar surface area (TPSA) is 41.9 Å². The van der Waals surface area contributed by atoms with Gasteiger partial charge < -0.3 is 4.74 Å². The van der Waals surface area contributed by atoms with Crippen molar-refractivity contribution in [2.24, 2.45) is 5.10 Å². The van der Waals surface area contributed by atoms with Gasteiger partial charge >= 0.3 is 0 Å². The molecule has 0 saturated carbocycles. The summed E-state index contributed by atoms with van der Waals surface area (Å²) in [4.78, 5) is 12.8. The van der Waals surface area contributed by atoms with E-state index in [1.165, 1.54) is 11.9 Å². The molecule has 0 bridgehead atoms. The molecule has 3 aromatic carbocycles. The van der Waals surface area contributed by atoms with E-state index >= 15 is 0 Å². The number of Topliss-reactive ketones (excluding diaryl/α,β-unsaturated/α-hetero) is 1. The van der Waals surface area contributed by atoms with Crippen LogP contribution in [0.3, 0.4) is 0 Å². The minimum Gasteiger partial charge on any atom is -0.457 e. The van der Waals surface area contributed by atoms with Gasteiger partial charge in [0.1, 0.15) is 22.0 Å². The van der Waals surface area contributed by atoms with Gasteiger partial charge in [0, 0.05) is 22.5 Å². The van der Waals surface area contributed by atoms with E-state index in [4.69, 9.17) is 9.84 Å². The molecular weight excluding hydrogens is 436 g/mol. The number of nitrogens with zero attached hydrogens (tertiary/aromatic N) is 2. The first-order chi connectivity index (χ1) is 13.6. The van der Waals surface area contributed by atoms with Crippen molar-refractivity contribution in [2.75, 3.05) is 4.41 Å². The van der Waals surface area contributed by atoms with Gasteiger partial charge in [-0.3, -0.25) is 4.79 Å². The largest absolute Gasteiger partial charge is 0.457 e. The second-order valence-corrected chi connectivity index (χ2v) is 8.68. The van der Waals surface area contributed by atoms with Gasteiger partial charge in [-0.05, 0) is 48.3 Å². The zero-order valence-electron chi connectivity index (χ0n) is 14.9. The van der Waals surface area contributed by atoms with Crippen molar-refractivity contribution >= 4 is 45.1 Å². The summed E-state index contributed by atoms with van der Waals surface area (Å²) in [5.74, 6) is 1.44. The molecule has 3 aromatic rings. The number of halogens is 1. The number of carbonyl (C=O) groups is 1. The first-order valence-electron chi connectivity index (χ1n) is 8.81. The molecule has 0 saturated heterocycles. The third kappa shape index (κ3) is 2.52. The predicted molar refractivity (Wildman–Crippen MR) is 116 cm³/mol. The fourth-order valence-corrected chi connectivity index (χ4v) is 5.34. The summed E-state index contributed by atoms with van der Waals surface area (Å²) in [6, 6.07) is 23.6. The third-order valence-corrected chi connectivity index (χ3v) is 6.78. The van der Waals surface area contributed by atoms with Crippen LogP contribution in [-0.2, 0) is 9.54 Å². The van der Waals surface area contributed by atoms with Crippen LogP contribution in [0.2, 0.25) is 0 Å². The molecule has 0 atom stereocenters. The van der Waals surface area contributed by atoms with Crippen molar-refractivity contribution in [3.63, 3.8) is 0 Å². The Balaban J connectivity index is 1.75. The van der Waals surface area contributed by atoms with Crippen LogP contribution in [0, 0.1) is 0 Å². The highest BCUT2D eigenvalue weighted by Crippen LogP contribution is 2.59. The van der Waals surface area contributed by atoms with Gasteiger partial charge in [-0.1, -0.05) is 52.3 Å². The SMILES string of the molecule is CC(=O)C1=NN(c2ccc(Br)cc2)SC12c1ccccc1Oc1ccccc12. The highest BCUT2D eigenvalue weighted by molar-refractivity contribution is 9.10. The van der Waals surface area contributed by atoms with Crippen molar-refractivity contribution in [1.29, 1.82) is 0 Å². The number of ether oxygens (including phenoxy) is 1. The highest BCUT2D eigenvalue weighted by atomic mass is 79.9. The lowest BCUT2D eigenvalue weighted by Crippen LogP contribution is -2.38. The van der Waals surface area contributed by atoms with Crippen molar-refractivity contribution in [1.82, 2.24) is 0 Å². The molecule has 1 spiro atoms. The maximum Gasteiger partial charge on any atom is 0.178 e. The van der Waals surface area contributed by atoms with Gasteiger partial charge in [-0.25, -0.2) is 4.41 Å². The van der Waals surface area contributed by atoms with Crippen molar-refractivity contribution in [2.45, 2.75) is 11.7 Å². The monoisotopic (exact) mass is 450 g/mol. The molecule has 2 aliphatic rings. The summed E-state index contributed by atoms with van der Waals surface area (Å²) in [6.07, 6.45) is 0. The number of ketones is 1. The molecule has 5 rings (SSSR count). The lowest BCUT2D eigenvalue weighted by Gasteiger charge is -2.36. The lowest BCUT2D eigenvalue weighted by molar-refractivity contribution is -0.111. The van der Waals surface area contributed by atoms with Crippen LogP contribution in [0.25, 0.3) is 0 Å². The molecule has 0 N–H and O–H groups in total. The number of para-hydroxylation sites is 2. The van der Waals surface area contributed by atoms with Crippen LogP contribution in [0.5, 0.6) is 11.5 Å². The molecule has 0 unspecified atom stereocenters. The van der Waals surface area contributed by atoms with E-state index in [2.05, 4.69) is 15.9 Å². The van der Waals surface area contributed by atoms with Gasteiger partial charge in [0.25, 0.3) is 0 Å². The van der Waals surface area contributed by atoms with E-state index in [0.717, 1.165) is 32.8 Å². The molecule has 0 aliphatic carbocycles. The van der Waals surface area contributed by atoms with Gasteiger partial charge in [0.05, 0.1) is 5.69 Å². The number of benzene rings is 3. The Bertz CT molecular complexity index is 1080. The maximum atomic E-state index is 12.8. The first-order valence-corrected chi connectivity index (χ1v) is 10.4. The molecule has 0 aromatic heterocycles. The Labute approximate surface area is 175 Å². The van der Waals surface area contributed by atoms with Crippen molar-refractivity contribution in [3.8, 4) is 11.5 Å². The normalized spacial score (nSPS) is 16.2. The highest BCUT2D eigenvalue weighted by Gasteiger charge is 2.54. The fourth-order valence-electron chi connectivity index (χ4n) is 3.66. The lowest BCUT2D eigenvalue weighted by atomic mass is 9.82. The zero-order valence-corrected chi connectivity index (χ0v) is 17.3. The van der Waals surface area contributed by atoms with Gasteiger partial charge in [-0.15, -0.1) is 0 Å². The number of hydrogen-bond donors (Lipinski definition) is 0. The minimum absolute atomic E-state index is 0.0568. The maximum absolute atomic E-state index is 12.8. The van der Waals surface area contributed by atoms with E-state index in [9.17, 15) is 4.79 Å². The smallest absolute Gasteiger partial charge is 0.178 e. The molecule has 0 radical (unpaired) electrons. The molecule has 28 heavy (non-hydrogen) atoms. The van der Waals surface area contributed by atoms with Crippen LogP contribution >= 0.6 is 27.9 Å².